The number of pyridine rings is 1. The van der Waals surface area contributed by atoms with Crippen LogP contribution in [0.4, 0.5) is 13.2 Å². The van der Waals surface area contributed by atoms with Crippen LogP contribution in [0.2, 0.25) is 5.02 Å². The highest BCUT2D eigenvalue weighted by Gasteiger charge is 2.32. The van der Waals surface area contributed by atoms with E-state index in [1.165, 1.54) is 6.07 Å². The van der Waals surface area contributed by atoms with Crippen LogP contribution in [0.25, 0.3) is 5.65 Å². The van der Waals surface area contributed by atoms with Gasteiger partial charge in [-0.15, -0.1) is 0 Å². The predicted molar refractivity (Wildman–Crippen MR) is 101 cm³/mol. The zero-order valence-electron chi connectivity index (χ0n) is 15.1. The van der Waals surface area contributed by atoms with Gasteiger partial charge in [-0.05, 0) is 30.2 Å². The highest BCUT2D eigenvalue weighted by molar-refractivity contribution is 6.30. The Morgan fingerprint density at radius 2 is 2.07 bits per heavy atom. The molecular formula is C20H19ClF3N3O. The van der Waals surface area contributed by atoms with Crippen molar-refractivity contribution in [3.63, 3.8) is 0 Å². The number of imidazole rings is 1. The lowest BCUT2D eigenvalue weighted by atomic mass is 9.91. The monoisotopic (exact) mass is 409 g/mol. The highest BCUT2D eigenvalue weighted by atomic mass is 35.5. The molecule has 0 bridgehead atoms. The van der Waals surface area contributed by atoms with E-state index in [4.69, 9.17) is 11.6 Å². The zero-order chi connectivity index (χ0) is 20.3. The first-order chi connectivity index (χ1) is 13.3. The van der Waals surface area contributed by atoms with E-state index in [0.717, 1.165) is 18.6 Å². The van der Waals surface area contributed by atoms with Crippen LogP contribution >= 0.6 is 11.6 Å². The van der Waals surface area contributed by atoms with Gasteiger partial charge in [0.1, 0.15) is 5.65 Å². The molecule has 0 fully saturated rings. The molecule has 2 heterocycles. The van der Waals surface area contributed by atoms with Gasteiger partial charge in [0.25, 0.3) is 0 Å². The standard InChI is InChI=1S/C20H19ClF3N3O/c1-2-8-25-19(28)10-16(13-4-3-5-14(9-13)20(22,23)24)17-11-26-18-7-6-15(21)12-27(17)18/h3-7,9,11-12,16H,2,8,10H2,1H3,(H,25,28). The maximum Gasteiger partial charge on any atom is 0.416 e. The molecule has 1 N–H and O–H groups in total. The molecule has 1 atom stereocenters. The summed E-state index contributed by atoms with van der Waals surface area (Å²) in [4.78, 5) is 16.7. The van der Waals surface area contributed by atoms with Crippen LogP contribution in [-0.2, 0) is 11.0 Å². The predicted octanol–water partition coefficient (Wildman–Crippen LogP) is 5.05. The number of nitrogens with one attached hydrogen (secondary N) is 1. The second-order valence-electron chi connectivity index (χ2n) is 6.49. The Kier molecular flexibility index (Phi) is 5.93. The number of rotatable bonds is 6. The van der Waals surface area contributed by atoms with Gasteiger partial charge in [0, 0.05) is 31.3 Å². The number of carbonyl (C=O) groups excluding carboxylic acids is 1. The van der Waals surface area contributed by atoms with Gasteiger partial charge in [-0.2, -0.15) is 13.2 Å². The second-order valence-corrected chi connectivity index (χ2v) is 6.92. The first-order valence-electron chi connectivity index (χ1n) is 8.86. The molecule has 2 aromatic heterocycles. The summed E-state index contributed by atoms with van der Waals surface area (Å²) in [6, 6.07) is 8.44. The van der Waals surface area contributed by atoms with Crippen molar-refractivity contribution in [2.75, 3.05) is 6.54 Å². The molecule has 0 aliphatic heterocycles. The van der Waals surface area contributed by atoms with E-state index >= 15 is 0 Å². The number of fused-ring (bicyclic) bond motifs is 1. The SMILES string of the molecule is CCCNC(=O)CC(c1cccc(C(F)(F)F)c1)c1cnc2ccc(Cl)cn12. The largest absolute Gasteiger partial charge is 0.416 e. The van der Waals surface area contributed by atoms with Crippen molar-refractivity contribution in [1.29, 1.82) is 0 Å². The van der Waals surface area contributed by atoms with Crippen LogP contribution in [0.5, 0.6) is 0 Å². The fourth-order valence-corrected chi connectivity index (χ4v) is 3.24. The fraction of sp³-hybridized carbons (Fsp3) is 0.300. The van der Waals surface area contributed by atoms with Gasteiger partial charge in [0.05, 0.1) is 16.3 Å². The lowest BCUT2D eigenvalue weighted by molar-refractivity contribution is -0.137. The molecule has 1 amide bonds. The van der Waals surface area contributed by atoms with Gasteiger partial charge >= 0.3 is 6.18 Å². The summed E-state index contributed by atoms with van der Waals surface area (Å²) in [7, 11) is 0. The van der Waals surface area contributed by atoms with E-state index in [9.17, 15) is 18.0 Å². The van der Waals surface area contributed by atoms with E-state index < -0.39 is 17.7 Å². The molecule has 0 saturated heterocycles. The number of nitrogens with zero attached hydrogens (tertiary/aromatic N) is 2. The van der Waals surface area contributed by atoms with Crippen LogP contribution in [0.15, 0.2) is 48.8 Å². The van der Waals surface area contributed by atoms with Gasteiger partial charge in [-0.25, -0.2) is 4.98 Å². The average Bonchev–Trinajstić information content (AvgIpc) is 3.06. The van der Waals surface area contributed by atoms with Gasteiger partial charge in [0.2, 0.25) is 5.91 Å². The lowest BCUT2D eigenvalue weighted by Crippen LogP contribution is -2.26. The number of carbonyl (C=O) groups is 1. The van der Waals surface area contributed by atoms with Crippen LogP contribution < -0.4 is 5.32 Å². The van der Waals surface area contributed by atoms with Crippen molar-refractivity contribution >= 4 is 23.2 Å². The Balaban J connectivity index is 2.07. The second kappa shape index (κ2) is 8.22. The number of hydrogen-bond donors (Lipinski definition) is 1. The third-order valence-corrected chi connectivity index (χ3v) is 4.66. The number of halogens is 4. The minimum absolute atomic E-state index is 0.00160. The fourth-order valence-electron chi connectivity index (χ4n) is 3.08. The molecule has 148 valence electrons. The normalized spacial score (nSPS) is 12.9. The summed E-state index contributed by atoms with van der Waals surface area (Å²) in [5, 5.41) is 3.24. The molecule has 28 heavy (non-hydrogen) atoms. The van der Waals surface area contributed by atoms with Crippen molar-refractivity contribution in [3.05, 3.63) is 70.6 Å². The molecule has 0 saturated carbocycles. The lowest BCUT2D eigenvalue weighted by Gasteiger charge is -2.19. The molecule has 3 rings (SSSR count). The number of hydrogen-bond acceptors (Lipinski definition) is 2. The van der Waals surface area contributed by atoms with Crippen molar-refractivity contribution < 1.29 is 18.0 Å². The van der Waals surface area contributed by atoms with Crippen molar-refractivity contribution in [1.82, 2.24) is 14.7 Å². The van der Waals surface area contributed by atoms with Crippen LogP contribution in [-0.4, -0.2) is 21.8 Å². The van der Waals surface area contributed by atoms with Gasteiger partial charge in [-0.3, -0.25) is 4.79 Å². The molecule has 1 aromatic carbocycles. The molecule has 0 radical (unpaired) electrons. The van der Waals surface area contributed by atoms with Gasteiger partial charge < -0.3 is 9.72 Å². The maximum absolute atomic E-state index is 13.2. The number of aromatic nitrogens is 2. The molecule has 3 aromatic rings. The molecular weight excluding hydrogens is 391 g/mol. The van der Waals surface area contributed by atoms with E-state index in [1.807, 2.05) is 6.92 Å². The highest BCUT2D eigenvalue weighted by Crippen LogP contribution is 2.34. The molecule has 8 heteroatoms. The summed E-state index contributed by atoms with van der Waals surface area (Å²) in [6.07, 6.45) is -0.478. The average molecular weight is 410 g/mol. The first kappa shape index (κ1) is 20.2. The Labute approximate surface area is 165 Å². The minimum Gasteiger partial charge on any atom is -0.356 e. The van der Waals surface area contributed by atoms with Crippen LogP contribution in [0.1, 0.15) is 42.5 Å². The molecule has 1 unspecified atom stereocenters. The van der Waals surface area contributed by atoms with Crippen molar-refractivity contribution in [3.8, 4) is 0 Å². The van der Waals surface area contributed by atoms with Crippen LogP contribution in [0, 0.1) is 0 Å². The number of benzene rings is 1. The molecule has 0 spiro atoms. The summed E-state index contributed by atoms with van der Waals surface area (Å²) in [6.45, 7) is 2.43. The van der Waals surface area contributed by atoms with Crippen LogP contribution in [0.3, 0.4) is 0 Å². The van der Waals surface area contributed by atoms with E-state index in [-0.39, 0.29) is 12.3 Å². The van der Waals surface area contributed by atoms with Crippen molar-refractivity contribution in [2.24, 2.45) is 0 Å². The van der Waals surface area contributed by atoms with Gasteiger partial charge in [0.15, 0.2) is 0 Å². The van der Waals surface area contributed by atoms with E-state index in [2.05, 4.69) is 10.3 Å². The van der Waals surface area contributed by atoms with Crippen molar-refractivity contribution in [2.45, 2.75) is 31.9 Å². The summed E-state index contributed by atoms with van der Waals surface area (Å²) in [5.41, 5.74) is 0.841. The quantitative estimate of drug-likeness (QED) is 0.619. The molecule has 0 aliphatic carbocycles. The Morgan fingerprint density at radius 3 is 2.79 bits per heavy atom. The Bertz CT molecular complexity index is 984. The third kappa shape index (κ3) is 4.47. The number of amides is 1. The third-order valence-electron chi connectivity index (χ3n) is 4.43. The molecule has 4 nitrogen and oxygen atoms in total. The summed E-state index contributed by atoms with van der Waals surface area (Å²) < 4.78 is 41.3. The summed E-state index contributed by atoms with van der Waals surface area (Å²) in [5.74, 6) is -0.839. The maximum atomic E-state index is 13.2. The summed E-state index contributed by atoms with van der Waals surface area (Å²) >= 11 is 6.08. The smallest absolute Gasteiger partial charge is 0.356 e. The van der Waals surface area contributed by atoms with Gasteiger partial charge in [-0.1, -0.05) is 36.7 Å². The minimum atomic E-state index is -4.46. The zero-order valence-corrected chi connectivity index (χ0v) is 15.9. The topological polar surface area (TPSA) is 46.4 Å². The number of alkyl halides is 3. The molecule has 0 aliphatic rings. The van der Waals surface area contributed by atoms with E-state index in [0.29, 0.717) is 28.5 Å². The Hall–Kier alpha value is -2.54. The first-order valence-corrected chi connectivity index (χ1v) is 9.23. The Morgan fingerprint density at radius 1 is 1.29 bits per heavy atom. The van der Waals surface area contributed by atoms with E-state index in [1.54, 1.807) is 35.0 Å².